The number of carbonyl (C=O) groups is 1. The average molecular weight is 417 g/mol. The highest BCUT2D eigenvalue weighted by molar-refractivity contribution is 7.86. The maximum absolute atomic E-state index is 12.7. The molecule has 0 radical (unpaired) electrons. The Morgan fingerprint density at radius 2 is 1.72 bits per heavy atom. The van der Waals surface area contributed by atoms with Gasteiger partial charge in [-0.3, -0.25) is 8.98 Å². The first-order valence-corrected chi connectivity index (χ1v) is 11.5. The average Bonchev–Trinajstić information content (AvgIpc) is 3.21. The minimum atomic E-state index is -3.89. The third-order valence-corrected chi connectivity index (χ3v) is 7.01. The van der Waals surface area contributed by atoms with Crippen molar-refractivity contribution >= 4 is 16.1 Å². The summed E-state index contributed by atoms with van der Waals surface area (Å²) in [7, 11) is -3.89. The number of carboxylic acids is 1. The molecule has 0 aromatic heterocycles. The first-order valence-electron chi connectivity index (χ1n) is 10.1. The fraction of sp³-hybridized carbons (Fsp3) is 0.435. The van der Waals surface area contributed by atoms with Gasteiger partial charge in [0, 0.05) is 0 Å². The van der Waals surface area contributed by atoms with Crippen molar-refractivity contribution in [1.82, 2.24) is 0 Å². The molecule has 5 nitrogen and oxygen atoms in total. The van der Waals surface area contributed by atoms with Crippen molar-refractivity contribution in [1.29, 1.82) is 0 Å². The lowest BCUT2D eigenvalue weighted by atomic mass is 9.84. The van der Waals surface area contributed by atoms with Gasteiger partial charge in [0.15, 0.2) is 0 Å². The molecule has 1 fully saturated rings. The third kappa shape index (κ3) is 5.06. The lowest BCUT2D eigenvalue weighted by Crippen LogP contribution is -2.19. The molecule has 1 aliphatic rings. The molecular weight excluding hydrogens is 388 g/mol. The first kappa shape index (κ1) is 21.5. The van der Waals surface area contributed by atoms with Crippen LogP contribution in [-0.2, 0) is 19.1 Å². The Balaban J connectivity index is 1.80. The van der Waals surface area contributed by atoms with Crippen LogP contribution in [0, 0.1) is 12.8 Å². The van der Waals surface area contributed by atoms with Gasteiger partial charge in [-0.15, -0.1) is 0 Å². The summed E-state index contributed by atoms with van der Waals surface area (Å²) in [6.45, 7) is 3.70. The molecule has 2 unspecified atom stereocenters. The summed E-state index contributed by atoms with van der Waals surface area (Å²) in [5, 5.41) is 9.71. The summed E-state index contributed by atoms with van der Waals surface area (Å²) < 4.78 is 30.8. The predicted octanol–water partition coefficient (Wildman–Crippen LogP) is 5.21. The Hall–Kier alpha value is -2.18. The van der Waals surface area contributed by atoms with E-state index in [1.807, 2.05) is 19.9 Å². The van der Waals surface area contributed by atoms with E-state index in [1.54, 1.807) is 36.4 Å². The van der Waals surface area contributed by atoms with E-state index in [1.165, 1.54) is 6.07 Å². The quantitative estimate of drug-likeness (QED) is 0.598. The summed E-state index contributed by atoms with van der Waals surface area (Å²) >= 11 is 0. The standard InChI is InChI=1S/C23H28O5S/c1-3-21(28-29(26,27)20-10-6-7-16(2)15-20)17-11-13-19(14-12-17)22(23(24)25)18-8-4-5-9-18/h6-7,10-15,18,21-22H,3-5,8-9H2,1-2H3,(H,24,25). The molecule has 0 spiro atoms. The van der Waals surface area contributed by atoms with E-state index < -0.39 is 28.1 Å². The number of hydrogen-bond acceptors (Lipinski definition) is 4. The normalized spacial score (nSPS) is 17.2. The molecule has 0 heterocycles. The smallest absolute Gasteiger partial charge is 0.311 e. The van der Waals surface area contributed by atoms with Gasteiger partial charge in [0.2, 0.25) is 0 Å². The topological polar surface area (TPSA) is 80.7 Å². The molecule has 0 amide bonds. The Morgan fingerprint density at radius 1 is 1.10 bits per heavy atom. The molecule has 6 heteroatoms. The molecule has 0 bridgehead atoms. The Bertz CT molecular complexity index is 943. The molecule has 156 valence electrons. The van der Waals surface area contributed by atoms with E-state index in [0.717, 1.165) is 42.4 Å². The zero-order chi connectivity index (χ0) is 21.0. The number of hydrogen-bond donors (Lipinski definition) is 1. The predicted molar refractivity (Wildman–Crippen MR) is 111 cm³/mol. The largest absolute Gasteiger partial charge is 0.481 e. The van der Waals surface area contributed by atoms with Gasteiger partial charge in [0.1, 0.15) is 6.10 Å². The second-order valence-electron chi connectivity index (χ2n) is 7.79. The zero-order valence-electron chi connectivity index (χ0n) is 16.9. The lowest BCUT2D eigenvalue weighted by Gasteiger charge is -2.21. The molecular formula is C23H28O5S. The minimum Gasteiger partial charge on any atom is -0.481 e. The highest BCUT2D eigenvalue weighted by Crippen LogP contribution is 2.38. The first-order chi connectivity index (χ1) is 13.8. The second kappa shape index (κ2) is 9.09. The van der Waals surface area contributed by atoms with E-state index in [2.05, 4.69) is 0 Å². The summed E-state index contributed by atoms with van der Waals surface area (Å²) in [5.74, 6) is -1.14. The number of aliphatic carboxylic acids is 1. The molecule has 2 aromatic rings. The lowest BCUT2D eigenvalue weighted by molar-refractivity contribution is -0.140. The second-order valence-corrected chi connectivity index (χ2v) is 9.36. The van der Waals surface area contributed by atoms with Crippen LogP contribution in [0.4, 0.5) is 0 Å². The minimum absolute atomic E-state index is 0.139. The van der Waals surface area contributed by atoms with Crippen LogP contribution in [0.5, 0.6) is 0 Å². The highest BCUT2D eigenvalue weighted by Gasteiger charge is 2.32. The fourth-order valence-corrected chi connectivity index (χ4v) is 5.40. The van der Waals surface area contributed by atoms with Gasteiger partial charge in [0.25, 0.3) is 10.1 Å². The molecule has 3 rings (SSSR count). The molecule has 2 atom stereocenters. The Kier molecular flexibility index (Phi) is 6.75. The van der Waals surface area contributed by atoms with Gasteiger partial charge < -0.3 is 5.11 Å². The van der Waals surface area contributed by atoms with Gasteiger partial charge in [-0.1, -0.05) is 56.2 Å². The van der Waals surface area contributed by atoms with E-state index in [0.29, 0.717) is 6.42 Å². The maximum Gasteiger partial charge on any atom is 0.311 e. The number of carboxylic acid groups (broad SMARTS) is 1. The van der Waals surface area contributed by atoms with Crippen molar-refractivity contribution in [3.63, 3.8) is 0 Å². The Morgan fingerprint density at radius 3 is 2.28 bits per heavy atom. The summed E-state index contributed by atoms with van der Waals surface area (Å²) in [6.07, 6.45) is 3.89. The van der Waals surface area contributed by atoms with Crippen molar-refractivity contribution in [3.05, 3.63) is 65.2 Å². The van der Waals surface area contributed by atoms with Crippen LogP contribution in [0.1, 0.15) is 67.7 Å². The highest BCUT2D eigenvalue weighted by atomic mass is 32.2. The molecule has 1 N–H and O–H groups in total. The van der Waals surface area contributed by atoms with Gasteiger partial charge in [0.05, 0.1) is 10.8 Å². The number of benzene rings is 2. The van der Waals surface area contributed by atoms with E-state index in [4.69, 9.17) is 4.18 Å². The van der Waals surface area contributed by atoms with Crippen LogP contribution in [-0.4, -0.2) is 19.5 Å². The monoisotopic (exact) mass is 416 g/mol. The van der Waals surface area contributed by atoms with Gasteiger partial charge in [-0.2, -0.15) is 8.42 Å². The fourth-order valence-electron chi connectivity index (χ4n) is 4.16. The molecule has 0 aliphatic heterocycles. The van der Waals surface area contributed by atoms with Crippen molar-refractivity contribution in [3.8, 4) is 0 Å². The molecule has 29 heavy (non-hydrogen) atoms. The Labute approximate surface area is 172 Å². The zero-order valence-corrected chi connectivity index (χ0v) is 17.7. The van der Waals surface area contributed by atoms with Gasteiger partial charge in [-0.05, 0) is 60.9 Å². The van der Waals surface area contributed by atoms with Crippen LogP contribution >= 0.6 is 0 Å². The summed E-state index contributed by atoms with van der Waals surface area (Å²) in [6, 6.07) is 13.8. The molecule has 1 aliphatic carbocycles. The summed E-state index contributed by atoms with van der Waals surface area (Å²) in [5.41, 5.74) is 2.34. The van der Waals surface area contributed by atoms with Gasteiger partial charge >= 0.3 is 5.97 Å². The molecule has 1 saturated carbocycles. The van der Waals surface area contributed by atoms with Gasteiger partial charge in [-0.25, -0.2) is 0 Å². The van der Waals surface area contributed by atoms with Crippen molar-refractivity contribution in [2.24, 2.45) is 5.92 Å². The van der Waals surface area contributed by atoms with Crippen molar-refractivity contribution in [2.45, 2.75) is 62.9 Å². The van der Waals surface area contributed by atoms with Crippen LogP contribution in [0.2, 0.25) is 0 Å². The van der Waals surface area contributed by atoms with Crippen molar-refractivity contribution in [2.75, 3.05) is 0 Å². The van der Waals surface area contributed by atoms with Crippen LogP contribution in [0.25, 0.3) is 0 Å². The SMILES string of the molecule is CCC(OS(=O)(=O)c1cccc(C)c1)c1ccc(C(C(=O)O)C2CCCC2)cc1. The van der Waals surface area contributed by atoms with E-state index >= 15 is 0 Å². The van der Waals surface area contributed by atoms with Crippen LogP contribution in [0.15, 0.2) is 53.4 Å². The van der Waals surface area contributed by atoms with E-state index in [-0.39, 0.29) is 10.8 Å². The van der Waals surface area contributed by atoms with Crippen LogP contribution < -0.4 is 0 Å². The van der Waals surface area contributed by atoms with Crippen LogP contribution in [0.3, 0.4) is 0 Å². The van der Waals surface area contributed by atoms with Crippen molar-refractivity contribution < 1.29 is 22.5 Å². The van der Waals surface area contributed by atoms with E-state index in [9.17, 15) is 18.3 Å². The number of aryl methyl sites for hydroxylation is 1. The number of rotatable bonds is 8. The molecule has 2 aromatic carbocycles. The molecule has 0 saturated heterocycles. The maximum atomic E-state index is 12.7. The summed E-state index contributed by atoms with van der Waals surface area (Å²) in [4.78, 5) is 12.0. The third-order valence-electron chi connectivity index (χ3n) is 5.70.